The number of nitriles is 1. The lowest BCUT2D eigenvalue weighted by Crippen LogP contribution is -2.27. The smallest absolute Gasteiger partial charge is 0.127 e. The van der Waals surface area contributed by atoms with Crippen molar-refractivity contribution in [3.63, 3.8) is 0 Å². The Labute approximate surface area is 93.9 Å². The minimum Gasteiger partial charge on any atom is -0.309 e. The van der Waals surface area contributed by atoms with Gasteiger partial charge in [0.1, 0.15) is 11.6 Å². The van der Waals surface area contributed by atoms with Crippen LogP contribution in [-0.4, -0.2) is 6.04 Å². The average Bonchev–Trinajstić information content (AvgIpc) is 2.28. The lowest BCUT2D eigenvalue weighted by molar-refractivity contribution is 0.490. The van der Waals surface area contributed by atoms with Gasteiger partial charge in [-0.05, 0) is 24.6 Å². The van der Waals surface area contributed by atoms with Crippen molar-refractivity contribution >= 4 is 0 Å². The summed E-state index contributed by atoms with van der Waals surface area (Å²) < 4.78 is 26.1. The van der Waals surface area contributed by atoms with Gasteiger partial charge in [0.25, 0.3) is 0 Å². The van der Waals surface area contributed by atoms with E-state index in [-0.39, 0.29) is 18.2 Å². The van der Waals surface area contributed by atoms with Crippen molar-refractivity contribution in [3.05, 3.63) is 35.4 Å². The maximum Gasteiger partial charge on any atom is 0.127 e. The highest BCUT2D eigenvalue weighted by Crippen LogP contribution is 2.10. The van der Waals surface area contributed by atoms with Crippen molar-refractivity contribution in [2.45, 2.75) is 32.4 Å². The molecule has 0 aliphatic rings. The quantitative estimate of drug-likeness (QED) is 0.834. The van der Waals surface area contributed by atoms with E-state index in [2.05, 4.69) is 11.4 Å². The molecule has 0 aromatic heterocycles. The van der Waals surface area contributed by atoms with Crippen LogP contribution in [0.5, 0.6) is 0 Å². The van der Waals surface area contributed by atoms with Crippen LogP contribution in [0.2, 0.25) is 0 Å². The number of nitrogens with one attached hydrogen (secondary N) is 1. The van der Waals surface area contributed by atoms with Crippen molar-refractivity contribution in [2.24, 2.45) is 0 Å². The highest BCUT2D eigenvalue weighted by atomic mass is 19.1. The molecule has 1 unspecified atom stereocenters. The van der Waals surface area contributed by atoms with Crippen molar-refractivity contribution in [3.8, 4) is 6.07 Å². The van der Waals surface area contributed by atoms with Gasteiger partial charge in [0.05, 0.1) is 12.5 Å². The Morgan fingerprint density at radius 1 is 1.44 bits per heavy atom. The van der Waals surface area contributed by atoms with Crippen molar-refractivity contribution in [1.82, 2.24) is 5.32 Å². The normalized spacial score (nSPS) is 12.1. The van der Waals surface area contributed by atoms with Gasteiger partial charge in [-0.2, -0.15) is 5.26 Å². The fourth-order valence-corrected chi connectivity index (χ4v) is 1.40. The minimum absolute atomic E-state index is 0.0210. The molecule has 0 heterocycles. The first-order valence-corrected chi connectivity index (χ1v) is 5.21. The van der Waals surface area contributed by atoms with Crippen molar-refractivity contribution < 1.29 is 8.78 Å². The third kappa shape index (κ3) is 3.59. The van der Waals surface area contributed by atoms with Crippen LogP contribution in [0.1, 0.15) is 25.3 Å². The van der Waals surface area contributed by atoms with E-state index in [4.69, 9.17) is 5.26 Å². The van der Waals surface area contributed by atoms with E-state index in [0.29, 0.717) is 6.42 Å². The predicted molar refractivity (Wildman–Crippen MR) is 57.5 cm³/mol. The highest BCUT2D eigenvalue weighted by Gasteiger charge is 2.08. The van der Waals surface area contributed by atoms with E-state index in [1.807, 2.05) is 6.92 Å². The molecule has 1 aromatic carbocycles. The van der Waals surface area contributed by atoms with E-state index < -0.39 is 11.6 Å². The monoisotopic (exact) mass is 224 g/mol. The van der Waals surface area contributed by atoms with Gasteiger partial charge in [-0.25, -0.2) is 8.78 Å². The molecule has 2 nitrogen and oxygen atoms in total. The number of nitrogens with zero attached hydrogens (tertiary/aromatic N) is 1. The van der Waals surface area contributed by atoms with Gasteiger partial charge in [0, 0.05) is 18.2 Å². The molecule has 1 rings (SSSR count). The summed E-state index contributed by atoms with van der Waals surface area (Å²) in [7, 11) is 0. The molecule has 86 valence electrons. The van der Waals surface area contributed by atoms with Gasteiger partial charge >= 0.3 is 0 Å². The summed E-state index contributed by atoms with van der Waals surface area (Å²) in [5, 5.41) is 11.6. The number of halogens is 2. The SMILES string of the molecule is CCC(CC#N)NCc1cc(F)ccc1F. The molecule has 0 fully saturated rings. The van der Waals surface area contributed by atoms with Crippen LogP contribution in [0.15, 0.2) is 18.2 Å². The fraction of sp³-hybridized carbons (Fsp3) is 0.417. The largest absolute Gasteiger partial charge is 0.309 e. The second-order valence-corrected chi connectivity index (χ2v) is 3.58. The zero-order valence-corrected chi connectivity index (χ0v) is 9.13. The summed E-state index contributed by atoms with van der Waals surface area (Å²) in [5.74, 6) is -0.882. The van der Waals surface area contributed by atoms with Crippen LogP contribution in [0.25, 0.3) is 0 Å². The first-order chi connectivity index (χ1) is 7.67. The first-order valence-electron chi connectivity index (χ1n) is 5.21. The van der Waals surface area contributed by atoms with E-state index >= 15 is 0 Å². The average molecular weight is 224 g/mol. The fourth-order valence-electron chi connectivity index (χ4n) is 1.40. The molecule has 1 atom stereocenters. The molecule has 0 radical (unpaired) electrons. The molecule has 4 heteroatoms. The summed E-state index contributed by atoms with van der Waals surface area (Å²) in [6, 6.07) is 5.44. The molecule has 0 aliphatic carbocycles. The van der Waals surface area contributed by atoms with Crippen LogP contribution >= 0.6 is 0 Å². The Bertz CT molecular complexity index is 385. The maximum absolute atomic E-state index is 13.2. The number of hydrogen-bond acceptors (Lipinski definition) is 2. The van der Waals surface area contributed by atoms with E-state index in [1.54, 1.807) is 0 Å². The third-order valence-corrected chi connectivity index (χ3v) is 2.42. The summed E-state index contributed by atoms with van der Waals surface area (Å²) in [4.78, 5) is 0. The summed E-state index contributed by atoms with van der Waals surface area (Å²) in [5.41, 5.74) is 0.288. The summed E-state index contributed by atoms with van der Waals surface area (Å²) in [6.45, 7) is 2.18. The van der Waals surface area contributed by atoms with Gasteiger partial charge in [-0.15, -0.1) is 0 Å². The van der Waals surface area contributed by atoms with Gasteiger partial charge in [0.15, 0.2) is 0 Å². The molecular weight excluding hydrogens is 210 g/mol. The summed E-state index contributed by atoms with van der Waals surface area (Å²) >= 11 is 0. The van der Waals surface area contributed by atoms with E-state index in [1.165, 1.54) is 6.07 Å². The zero-order valence-electron chi connectivity index (χ0n) is 9.13. The first kappa shape index (κ1) is 12.6. The standard InChI is InChI=1S/C12H14F2N2/c1-2-11(5-6-15)16-8-9-7-10(13)3-4-12(9)14/h3-4,7,11,16H,2,5,8H2,1H3. The van der Waals surface area contributed by atoms with Gasteiger partial charge in [-0.1, -0.05) is 6.92 Å². The molecule has 0 saturated carbocycles. The molecule has 16 heavy (non-hydrogen) atoms. The van der Waals surface area contributed by atoms with Gasteiger partial charge in [0.2, 0.25) is 0 Å². The lowest BCUT2D eigenvalue weighted by Gasteiger charge is -2.13. The van der Waals surface area contributed by atoms with Crippen molar-refractivity contribution in [2.75, 3.05) is 0 Å². The predicted octanol–water partition coefficient (Wildman–Crippen LogP) is 2.75. The van der Waals surface area contributed by atoms with E-state index in [0.717, 1.165) is 18.6 Å². The maximum atomic E-state index is 13.2. The third-order valence-electron chi connectivity index (χ3n) is 2.42. The molecule has 0 saturated heterocycles. The number of rotatable bonds is 5. The van der Waals surface area contributed by atoms with Gasteiger partial charge < -0.3 is 5.32 Å². The van der Waals surface area contributed by atoms with E-state index in [9.17, 15) is 8.78 Å². The summed E-state index contributed by atoms with van der Waals surface area (Å²) in [6.07, 6.45) is 1.15. The Kier molecular flexibility index (Phi) is 4.87. The second-order valence-electron chi connectivity index (χ2n) is 3.58. The van der Waals surface area contributed by atoms with Crippen LogP contribution in [-0.2, 0) is 6.54 Å². The van der Waals surface area contributed by atoms with Crippen molar-refractivity contribution in [1.29, 1.82) is 5.26 Å². The Balaban J connectivity index is 2.60. The Morgan fingerprint density at radius 3 is 2.81 bits per heavy atom. The molecule has 0 aliphatic heterocycles. The zero-order chi connectivity index (χ0) is 12.0. The number of hydrogen-bond donors (Lipinski definition) is 1. The van der Waals surface area contributed by atoms with Crippen LogP contribution in [0, 0.1) is 23.0 Å². The molecule has 1 N–H and O–H groups in total. The highest BCUT2D eigenvalue weighted by molar-refractivity contribution is 5.18. The Hall–Kier alpha value is -1.47. The molecule has 0 bridgehead atoms. The van der Waals surface area contributed by atoms with Crippen LogP contribution < -0.4 is 5.32 Å². The topological polar surface area (TPSA) is 35.8 Å². The Morgan fingerprint density at radius 2 is 2.19 bits per heavy atom. The van der Waals surface area contributed by atoms with Crippen LogP contribution in [0.3, 0.4) is 0 Å². The van der Waals surface area contributed by atoms with Gasteiger partial charge in [-0.3, -0.25) is 0 Å². The molecular formula is C12H14F2N2. The molecule has 1 aromatic rings. The number of benzene rings is 1. The molecule has 0 spiro atoms. The molecule has 0 amide bonds. The van der Waals surface area contributed by atoms with Crippen LogP contribution in [0.4, 0.5) is 8.78 Å². The lowest BCUT2D eigenvalue weighted by atomic mass is 10.1. The minimum atomic E-state index is -0.452. The second kappa shape index (κ2) is 6.19.